The summed E-state index contributed by atoms with van der Waals surface area (Å²) in [6.07, 6.45) is -1.30. The summed E-state index contributed by atoms with van der Waals surface area (Å²) in [6.45, 7) is 12.5. The van der Waals surface area contributed by atoms with E-state index < -0.39 is 29.3 Å². The van der Waals surface area contributed by atoms with E-state index in [2.05, 4.69) is 22.6 Å². The van der Waals surface area contributed by atoms with Crippen molar-refractivity contribution in [1.29, 1.82) is 0 Å². The molecule has 1 N–H and O–H groups in total. The van der Waals surface area contributed by atoms with Crippen molar-refractivity contribution in [1.82, 2.24) is 4.90 Å². The first-order valence-electron chi connectivity index (χ1n) is 14.2. The Balaban J connectivity index is 1.76. The molecule has 0 saturated carbocycles. The van der Waals surface area contributed by atoms with Gasteiger partial charge in [-0.05, 0) is 72.2 Å². The Bertz CT molecular complexity index is 1420. The van der Waals surface area contributed by atoms with E-state index in [4.69, 9.17) is 9.47 Å². The lowest BCUT2D eigenvalue weighted by molar-refractivity contribution is -0.944. The van der Waals surface area contributed by atoms with Crippen molar-refractivity contribution in [3.8, 4) is 11.5 Å². The fourth-order valence-corrected chi connectivity index (χ4v) is 7.05. The SMILES string of the molecule is CN1C(=O)C(Cc2cc(OCc3ccccc3)c(OCc3ccccc3)cc2I)[N+](C(=O)O)(C(C)(C)C)C1C(C)(C)C. The Morgan fingerprint density at radius 2 is 1.36 bits per heavy atom. The molecule has 1 aliphatic rings. The highest BCUT2D eigenvalue weighted by molar-refractivity contribution is 14.1. The molecule has 224 valence electrons. The first-order chi connectivity index (χ1) is 19.7. The summed E-state index contributed by atoms with van der Waals surface area (Å²) in [5.41, 5.74) is 1.66. The number of ether oxygens (including phenoxy) is 2. The molecule has 3 aromatic rings. The summed E-state index contributed by atoms with van der Waals surface area (Å²) in [7, 11) is 1.74. The predicted molar refractivity (Wildman–Crippen MR) is 172 cm³/mol. The highest BCUT2D eigenvalue weighted by Gasteiger charge is 2.70. The molecular formula is C34H42IN2O5+. The van der Waals surface area contributed by atoms with Gasteiger partial charge in [0.25, 0.3) is 5.91 Å². The average molecular weight is 686 g/mol. The van der Waals surface area contributed by atoms with Crippen LogP contribution in [0.25, 0.3) is 0 Å². The van der Waals surface area contributed by atoms with Crippen LogP contribution in [0.2, 0.25) is 0 Å². The van der Waals surface area contributed by atoms with Crippen LogP contribution in [0.1, 0.15) is 58.2 Å². The second-order valence-corrected chi connectivity index (χ2v) is 14.2. The zero-order chi connectivity index (χ0) is 30.9. The van der Waals surface area contributed by atoms with E-state index >= 15 is 0 Å². The second kappa shape index (κ2) is 12.2. The molecule has 0 aromatic heterocycles. The minimum absolute atomic E-state index is 0.167. The van der Waals surface area contributed by atoms with Crippen molar-refractivity contribution in [2.45, 2.75) is 78.9 Å². The third kappa shape index (κ3) is 6.15. The maximum atomic E-state index is 14.0. The predicted octanol–water partition coefficient (Wildman–Crippen LogP) is 7.50. The normalized spacial score (nSPS) is 21.0. The van der Waals surface area contributed by atoms with Crippen LogP contribution in [0.5, 0.6) is 11.5 Å². The Morgan fingerprint density at radius 3 is 1.79 bits per heavy atom. The molecule has 7 nitrogen and oxygen atoms in total. The van der Waals surface area contributed by atoms with E-state index in [1.165, 1.54) is 0 Å². The maximum Gasteiger partial charge on any atom is 0.516 e. The minimum atomic E-state index is -0.997. The van der Waals surface area contributed by atoms with Crippen molar-refractivity contribution < 1.29 is 28.7 Å². The van der Waals surface area contributed by atoms with Crippen LogP contribution in [0.3, 0.4) is 0 Å². The Hall–Kier alpha value is -3.11. The van der Waals surface area contributed by atoms with E-state index in [1.807, 2.05) is 114 Å². The molecular weight excluding hydrogens is 643 g/mol. The van der Waals surface area contributed by atoms with E-state index in [-0.39, 0.29) is 16.8 Å². The van der Waals surface area contributed by atoms with Crippen LogP contribution in [-0.2, 0) is 24.4 Å². The zero-order valence-electron chi connectivity index (χ0n) is 25.6. The van der Waals surface area contributed by atoms with Crippen molar-refractivity contribution in [3.63, 3.8) is 0 Å². The van der Waals surface area contributed by atoms with E-state index in [0.29, 0.717) is 24.7 Å². The molecule has 42 heavy (non-hydrogen) atoms. The maximum absolute atomic E-state index is 14.0. The van der Waals surface area contributed by atoms with Gasteiger partial charge in [0, 0.05) is 22.5 Å². The number of amides is 2. The summed E-state index contributed by atoms with van der Waals surface area (Å²) in [5.74, 6) is 0.986. The molecule has 1 fully saturated rings. The fourth-order valence-electron chi connectivity index (χ4n) is 6.39. The number of carbonyl (C=O) groups excluding carboxylic acids is 1. The third-order valence-electron chi connectivity index (χ3n) is 8.08. The highest BCUT2D eigenvalue weighted by atomic mass is 127. The van der Waals surface area contributed by atoms with Crippen LogP contribution >= 0.6 is 22.6 Å². The standard InChI is InChI=1S/C34H41IN2O5/c1-33(2,3)31-36(7)30(38)27(37(31,32(39)40)34(4,5)6)18-25-19-28(41-21-23-14-10-8-11-15-23)29(20-26(25)35)42-22-24-16-12-9-13-17-24/h8-17,19-20,27,31H,18,21-22H2,1-7H3/p+1. The van der Waals surface area contributed by atoms with Crippen LogP contribution in [0, 0.1) is 8.99 Å². The van der Waals surface area contributed by atoms with Gasteiger partial charge in [0.05, 0.1) is 0 Å². The van der Waals surface area contributed by atoms with Crippen LogP contribution in [-0.4, -0.2) is 51.3 Å². The number of carboxylic acid groups (broad SMARTS) is 1. The van der Waals surface area contributed by atoms with Gasteiger partial charge in [-0.2, -0.15) is 9.28 Å². The number of nitrogens with zero attached hydrogens (tertiary/aromatic N) is 2. The van der Waals surface area contributed by atoms with Crippen molar-refractivity contribution in [2.24, 2.45) is 5.41 Å². The van der Waals surface area contributed by atoms with Crippen LogP contribution in [0.4, 0.5) is 4.79 Å². The molecule has 1 heterocycles. The fraction of sp³-hybridized carbons (Fsp3) is 0.412. The largest absolute Gasteiger partial charge is 0.516 e. The monoisotopic (exact) mass is 685 g/mol. The van der Waals surface area contributed by atoms with Crippen LogP contribution < -0.4 is 9.47 Å². The number of benzene rings is 3. The van der Waals surface area contributed by atoms with Gasteiger partial charge in [-0.25, -0.2) is 0 Å². The molecule has 0 radical (unpaired) electrons. The first-order valence-corrected chi connectivity index (χ1v) is 15.3. The number of rotatable bonds is 8. The lowest BCUT2D eigenvalue weighted by atomic mass is 9.85. The summed E-state index contributed by atoms with van der Waals surface area (Å²) >= 11 is 2.25. The van der Waals surface area contributed by atoms with Gasteiger partial charge < -0.3 is 14.6 Å². The average Bonchev–Trinajstić information content (AvgIpc) is 3.16. The molecule has 0 spiro atoms. The quantitative estimate of drug-likeness (QED) is 0.197. The summed E-state index contributed by atoms with van der Waals surface area (Å²) in [6, 6.07) is 22.9. The molecule has 3 aromatic carbocycles. The molecule has 8 heteroatoms. The molecule has 1 saturated heterocycles. The Morgan fingerprint density at radius 1 is 0.881 bits per heavy atom. The van der Waals surface area contributed by atoms with Gasteiger partial charge in [0.1, 0.15) is 18.8 Å². The van der Waals surface area contributed by atoms with Gasteiger partial charge in [-0.15, -0.1) is 0 Å². The topological polar surface area (TPSA) is 76.1 Å². The number of quaternary nitrogens is 1. The van der Waals surface area contributed by atoms with Crippen molar-refractivity contribution in [2.75, 3.05) is 7.05 Å². The third-order valence-corrected chi connectivity index (χ3v) is 9.08. The minimum Gasteiger partial charge on any atom is -0.485 e. The molecule has 0 bridgehead atoms. The summed E-state index contributed by atoms with van der Waals surface area (Å²) in [5, 5.41) is 10.9. The lowest BCUT2D eigenvalue weighted by Gasteiger charge is -2.51. The molecule has 3 atom stereocenters. The van der Waals surface area contributed by atoms with Gasteiger partial charge in [0.15, 0.2) is 23.7 Å². The van der Waals surface area contributed by atoms with Crippen molar-refractivity contribution in [3.05, 3.63) is 93.1 Å². The number of halogens is 1. The lowest BCUT2D eigenvalue weighted by Crippen LogP contribution is -2.73. The van der Waals surface area contributed by atoms with Gasteiger partial charge >= 0.3 is 6.09 Å². The first kappa shape index (κ1) is 31.8. The zero-order valence-corrected chi connectivity index (χ0v) is 27.7. The number of hydrogen-bond donors (Lipinski definition) is 1. The van der Waals surface area contributed by atoms with E-state index in [1.54, 1.807) is 11.9 Å². The van der Waals surface area contributed by atoms with Gasteiger partial charge in [-0.1, -0.05) is 81.4 Å². The molecule has 3 unspecified atom stereocenters. The Labute approximate surface area is 263 Å². The van der Waals surface area contributed by atoms with Gasteiger partial charge in [0.2, 0.25) is 0 Å². The highest BCUT2D eigenvalue weighted by Crippen LogP contribution is 2.48. The smallest absolute Gasteiger partial charge is 0.485 e. The number of carbonyl (C=O) groups is 2. The Kier molecular flexibility index (Phi) is 9.28. The molecule has 1 aliphatic heterocycles. The van der Waals surface area contributed by atoms with Gasteiger partial charge in [-0.3, -0.25) is 9.69 Å². The number of likely N-dealkylation sites (N-methyl/N-ethyl adjacent to an activating group) is 1. The summed E-state index contributed by atoms with van der Waals surface area (Å²) < 4.78 is 13.1. The molecule has 4 rings (SSSR count). The van der Waals surface area contributed by atoms with Crippen molar-refractivity contribution >= 4 is 34.6 Å². The second-order valence-electron chi connectivity index (χ2n) is 13.1. The van der Waals surface area contributed by atoms with E-state index in [0.717, 1.165) is 20.3 Å². The summed E-state index contributed by atoms with van der Waals surface area (Å²) in [4.78, 5) is 29.0. The number of hydrogen-bond acceptors (Lipinski definition) is 4. The molecule has 0 aliphatic carbocycles. The molecule has 2 amide bonds. The van der Waals surface area contributed by atoms with E-state index in [9.17, 15) is 14.7 Å². The van der Waals surface area contributed by atoms with Crippen LogP contribution in [0.15, 0.2) is 72.8 Å².